The predicted molar refractivity (Wildman–Crippen MR) is 140 cm³/mol. The Hall–Kier alpha value is -4.17. The molecule has 5 rings (SSSR count). The van der Waals surface area contributed by atoms with Gasteiger partial charge < -0.3 is 19.9 Å². The number of benzene rings is 3. The van der Waals surface area contributed by atoms with Crippen LogP contribution in [0.3, 0.4) is 0 Å². The van der Waals surface area contributed by atoms with Crippen molar-refractivity contribution in [3.05, 3.63) is 107 Å². The van der Waals surface area contributed by atoms with Crippen molar-refractivity contribution in [2.45, 2.75) is 37.8 Å². The van der Waals surface area contributed by atoms with Gasteiger partial charge in [-0.2, -0.15) is 0 Å². The van der Waals surface area contributed by atoms with Crippen LogP contribution in [0.2, 0.25) is 0 Å². The van der Waals surface area contributed by atoms with E-state index < -0.39 is 17.4 Å². The molecule has 8 heteroatoms. The van der Waals surface area contributed by atoms with Gasteiger partial charge in [-0.25, -0.2) is 9.78 Å². The Morgan fingerprint density at radius 1 is 1.11 bits per heavy atom. The molecular formula is C29H26N2O5S. The number of thiazole rings is 1. The summed E-state index contributed by atoms with van der Waals surface area (Å²) in [5.74, 6) is -0.199. The van der Waals surface area contributed by atoms with Crippen molar-refractivity contribution < 1.29 is 24.2 Å². The minimum atomic E-state index is -1.47. The zero-order chi connectivity index (χ0) is 25.8. The van der Waals surface area contributed by atoms with Crippen molar-refractivity contribution >= 4 is 23.2 Å². The topological polar surface area (TPSA) is 97.8 Å². The van der Waals surface area contributed by atoms with Crippen LogP contribution in [0.4, 0.5) is 0 Å². The predicted octanol–water partition coefficient (Wildman–Crippen LogP) is 5.82. The number of fused-ring (bicyclic) bond motifs is 1. The Kier molecular flexibility index (Phi) is 6.92. The average Bonchev–Trinajstić information content (AvgIpc) is 3.38. The van der Waals surface area contributed by atoms with Gasteiger partial charge in [-0.1, -0.05) is 72.0 Å². The highest BCUT2D eigenvalue weighted by Gasteiger charge is 2.36. The zero-order valence-electron chi connectivity index (χ0n) is 20.2. The third-order valence-corrected chi connectivity index (χ3v) is 7.20. The normalized spacial score (nSPS) is 16.1. The van der Waals surface area contributed by atoms with Crippen molar-refractivity contribution in [3.8, 4) is 16.7 Å². The van der Waals surface area contributed by atoms with Crippen LogP contribution in [0.5, 0.6) is 16.7 Å². The summed E-state index contributed by atoms with van der Waals surface area (Å²) >= 11 is 1.06. The third kappa shape index (κ3) is 5.65. The third-order valence-electron chi connectivity index (χ3n) is 6.32. The summed E-state index contributed by atoms with van der Waals surface area (Å²) in [4.78, 5) is 29.4. The summed E-state index contributed by atoms with van der Waals surface area (Å²) in [6, 6.07) is 25.0. The molecule has 0 bridgehead atoms. The summed E-state index contributed by atoms with van der Waals surface area (Å²) in [5.41, 5.74) is 1.55. The number of nitrogens with one attached hydrogen (secondary N) is 1. The Balaban J connectivity index is 1.24. The Bertz CT molecular complexity index is 1410. The van der Waals surface area contributed by atoms with Crippen molar-refractivity contribution in [1.82, 2.24) is 10.3 Å². The fourth-order valence-electron chi connectivity index (χ4n) is 4.33. The summed E-state index contributed by atoms with van der Waals surface area (Å²) in [6.07, 6.45) is 3.30. The van der Waals surface area contributed by atoms with Crippen LogP contribution in [-0.2, 0) is 17.6 Å². The van der Waals surface area contributed by atoms with Crippen molar-refractivity contribution in [2.75, 3.05) is 0 Å². The molecule has 0 spiro atoms. The molecular weight excluding hydrogens is 488 g/mol. The van der Waals surface area contributed by atoms with Gasteiger partial charge in [0.2, 0.25) is 0 Å². The summed E-state index contributed by atoms with van der Waals surface area (Å²) in [5, 5.41) is 12.8. The Morgan fingerprint density at radius 3 is 2.57 bits per heavy atom. The van der Waals surface area contributed by atoms with E-state index in [0.29, 0.717) is 10.9 Å². The zero-order valence-corrected chi connectivity index (χ0v) is 21.0. The van der Waals surface area contributed by atoms with E-state index in [9.17, 15) is 14.7 Å². The second-order valence-electron chi connectivity index (χ2n) is 9.17. The van der Waals surface area contributed by atoms with Crippen LogP contribution < -0.4 is 14.8 Å². The van der Waals surface area contributed by atoms with Crippen LogP contribution >= 0.6 is 11.3 Å². The molecule has 3 aromatic carbocycles. The van der Waals surface area contributed by atoms with E-state index in [2.05, 4.69) is 22.4 Å². The first-order chi connectivity index (χ1) is 17.9. The molecule has 188 valence electrons. The van der Waals surface area contributed by atoms with Crippen LogP contribution in [-0.4, -0.2) is 27.5 Å². The van der Waals surface area contributed by atoms with Crippen molar-refractivity contribution in [3.63, 3.8) is 0 Å². The minimum absolute atomic E-state index is 0.0267. The first-order valence-electron chi connectivity index (χ1n) is 12.0. The van der Waals surface area contributed by atoms with Crippen LogP contribution in [0.1, 0.15) is 45.8 Å². The molecule has 0 aliphatic carbocycles. The van der Waals surface area contributed by atoms with E-state index in [1.165, 1.54) is 13.1 Å². The molecule has 2 heterocycles. The second-order valence-corrected chi connectivity index (χ2v) is 10.2. The number of aryl methyl sites for hydroxylation is 1. The monoisotopic (exact) mass is 514 g/mol. The van der Waals surface area contributed by atoms with Crippen LogP contribution in [0.15, 0.2) is 85.1 Å². The maximum Gasteiger partial charge on any atom is 0.329 e. The van der Waals surface area contributed by atoms with Gasteiger partial charge in [0.25, 0.3) is 11.1 Å². The molecule has 37 heavy (non-hydrogen) atoms. The number of carbonyl (C=O) groups is 2. The molecule has 4 aromatic rings. The summed E-state index contributed by atoms with van der Waals surface area (Å²) in [7, 11) is 0. The van der Waals surface area contributed by atoms with E-state index in [0.717, 1.165) is 46.6 Å². The number of nitrogens with zero attached hydrogens (tertiary/aromatic N) is 1. The van der Waals surface area contributed by atoms with Gasteiger partial charge >= 0.3 is 5.97 Å². The first-order valence-corrected chi connectivity index (χ1v) is 12.8. The van der Waals surface area contributed by atoms with Crippen LogP contribution in [0, 0.1) is 0 Å². The van der Waals surface area contributed by atoms with Gasteiger partial charge in [0.1, 0.15) is 28.0 Å². The van der Waals surface area contributed by atoms with Crippen LogP contribution in [0.25, 0.3) is 0 Å². The Labute approximate surface area is 218 Å². The smallest absolute Gasteiger partial charge is 0.329 e. The van der Waals surface area contributed by atoms with Crippen molar-refractivity contribution in [2.24, 2.45) is 0 Å². The molecule has 1 aliphatic rings. The molecule has 0 saturated carbocycles. The molecule has 2 atom stereocenters. The highest BCUT2D eigenvalue weighted by atomic mass is 32.1. The number of hydrogen-bond donors (Lipinski definition) is 2. The van der Waals surface area contributed by atoms with Gasteiger partial charge in [0, 0.05) is 6.42 Å². The fourth-order valence-corrected chi connectivity index (χ4v) is 5.01. The van der Waals surface area contributed by atoms with E-state index in [4.69, 9.17) is 9.47 Å². The number of rotatable bonds is 8. The van der Waals surface area contributed by atoms with Gasteiger partial charge in [0.05, 0.1) is 6.20 Å². The van der Waals surface area contributed by atoms with E-state index in [1.54, 1.807) is 0 Å². The number of aromatic nitrogens is 1. The molecule has 2 unspecified atom stereocenters. The number of hydrogen-bond acceptors (Lipinski definition) is 6. The Morgan fingerprint density at radius 2 is 1.84 bits per heavy atom. The van der Waals surface area contributed by atoms with Gasteiger partial charge in [-0.05, 0) is 54.7 Å². The van der Waals surface area contributed by atoms with Gasteiger partial charge in [-0.15, -0.1) is 0 Å². The number of carbonyl (C=O) groups excluding carboxylic acids is 1. The lowest BCUT2D eigenvalue weighted by Gasteiger charge is -2.26. The largest absolute Gasteiger partial charge is 0.485 e. The number of carboxylic acids is 1. The lowest BCUT2D eigenvalue weighted by molar-refractivity contribution is -0.143. The highest BCUT2D eigenvalue weighted by molar-refractivity contribution is 7.15. The SMILES string of the molecule is CC(Cc1ccccc1)(NC(=O)c1cnc(Oc2ccc3c(c2)CCC(c2ccccc2)O3)s1)C(=O)O. The number of carboxylic acid groups (broad SMARTS) is 1. The summed E-state index contributed by atoms with van der Waals surface area (Å²) in [6.45, 7) is 1.50. The van der Waals surface area contributed by atoms with Crippen molar-refractivity contribution in [1.29, 1.82) is 0 Å². The fraction of sp³-hybridized carbons (Fsp3) is 0.207. The van der Waals surface area contributed by atoms with E-state index in [1.807, 2.05) is 66.7 Å². The molecule has 1 aromatic heterocycles. The maximum absolute atomic E-state index is 12.9. The number of aliphatic carboxylic acids is 1. The molecule has 2 N–H and O–H groups in total. The maximum atomic E-state index is 12.9. The average molecular weight is 515 g/mol. The molecule has 0 fully saturated rings. The first kappa shape index (κ1) is 24.5. The van der Waals surface area contributed by atoms with E-state index >= 15 is 0 Å². The second kappa shape index (κ2) is 10.4. The minimum Gasteiger partial charge on any atom is -0.485 e. The molecule has 0 radical (unpaired) electrons. The number of ether oxygens (including phenoxy) is 2. The lowest BCUT2D eigenvalue weighted by Crippen LogP contribution is -2.53. The quantitative estimate of drug-likeness (QED) is 0.308. The highest BCUT2D eigenvalue weighted by Crippen LogP contribution is 2.38. The number of amides is 1. The summed E-state index contributed by atoms with van der Waals surface area (Å²) < 4.78 is 12.1. The molecule has 1 aliphatic heterocycles. The molecule has 7 nitrogen and oxygen atoms in total. The van der Waals surface area contributed by atoms with Gasteiger partial charge in [-0.3, -0.25) is 4.79 Å². The standard InChI is InChI=1S/C29H26N2O5S/c1-29(27(33)34,17-19-8-4-2-5-9-19)31-26(32)25-18-30-28(37-25)35-22-13-15-24-21(16-22)12-14-23(36-24)20-10-6-3-7-11-20/h2-11,13,15-16,18,23H,12,14,17H2,1H3,(H,31,32)(H,33,34). The lowest BCUT2D eigenvalue weighted by atomic mass is 9.92. The molecule has 0 saturated heterocycles. The molecule has 1 amide bonds. The van der Waals surface area contributed by atoms with Gasteiger partial charge in [0.15, 0.2) is 0 Å². The van der Waals surface area contributed by atoms with E-state index in [-0.39, 0.29) is 17.4 Å².